The van der Waals surface area contributed by atoms with E-state index >= 15 is 0 Å². The fourth-order valence-corrected chi connectivity index (χ4v) is 3.38. The maximum atomic E-state index is 13.4. The Balaban J connectivity index is 1.80. The zero-order valence-electron chi connectivity index (χ0n) is 15.7. The fourth-order valence-electron chi connectivity index (χ4n) is 3.12. The van der Waals surface area contributed by atoms with Gasteiger partial charge < -0.3 is 15.5 Å². The highest BCUT2D eigenvalue weighted by Gasteiger charge is 2.22. The van der Waals surface area contributed by atoms with Crippen LogP contribution in [0.25, 0.3) is 11.3 Å². The fraction of sp³-hybridized carbons (Fsp3) is 0.300. The molecule has 148 valence electrons. The van der Waals surface area contributed by atoms with Gasteiger partial charge in [-0.3, -0.25) is 9.48 Å². The molecule has 0 aliphatic rings. The van der Waals surface area contributed by atoms with Crippen molar-refractivity contribution in [3.8, 4) is 11.3 Å². The van der Waals surface area contributed by atoms with Gasteiger partial charge in [0.05, 0.1) is 16.9 Å². The van der Waals surface area contributed by atoms with E-state index in [1.54, 1.807) is 36.1 Å². The predicted molar refractivity (Wildman–Crippen MR) is 106 cm³/mol. The number of aromatic nitrogens is 2. The lowest BCUT2D eigenvalue weighted by molar-refractivity contribution is 0.0908. The zero-order chi connectivity index (χ0) is 20.3. The Bertz CT molecular complexity index is 963. The molecule has 0 fully saturated rings. The molecule has 2 aromatic heterocycles. The summed E-state index contributed by atoms with van der Waals surface area (Å²) >= 11 is 6.23. The van der Waals surface area contributed by atoms with Crippen LogP contribution in [0, 0.1) is 5.82 Å². The first kappa shape index (κ1) is 20.1. The third kappa shape index (κ3) is 4.26. The number of amides is 1. The van der Waals surface area contributed by atoms with Crippen molar-refractivity contribution in [1.29, 1.82) is 0 Å². The van der Waals surface area contributed by atoms with Gasteiger partial charge in [-0.05, 0) is 30.2 Å². The number of nitrogens with one attached hydrogen (secondary N) is 1. The molecule has 1 amide bonds. The van der Waals surface area contributed by atoms with E-state index in [2.05, 4.69) is 10.4 Å². The molecule has 6 nitrogen and oxygen atoms in total. The minimum Gasteiger partial charge on any atom is -0.455 e. The average molecular weight is 405 g/mol. The molecule has 0 radical (unpaired) electrons. The summed E-state index contributed by atoms with van der Waals surface area (Å²) in [6.45, 7) is 2.14. The Hall–Kier alpha value is -2.64. The van der Waals surface area contributed by atoms with E-state index in [0.717, 1.165) is 11.1 Å². The lowest BCUT2D eigenvalue weighted by Crippen LogP contribution is -2.41. The van der Waals surface area contributed by atoms with Gasteiger partial charge >= 0.3 is 0 Å². The second-order valence-electron chi connectivity index (χ2n) is 6.51. The van der Waals surface area contributed by atoms with E-state index in [9.17, 15) is 9.18 Å². The van der Waals surface area contributed by atoms with Crippen LogP contribution in [0.3, 0.4) is 0 Å². The van der Waals surface area contributed by atoms with Crippen molar-refractivity contribution < 1.29 is 13.6 Å². The van der Waals surface area contributed by atoms with Crippen molar-refractivity contribution in [2.75, 3.05) is 6.54 Å². The first-order chi connectivity index (χ1) is 13.4. The van der Waals surface area contributed by atoms with Crippen LogP contribution in [0.1, 0.15) is 28.8 Å². The number of carbonyl (C=O) groups is 1. The van der Waals surface area contributed by atoms with Gasteiger partial charge in [0.1, 0.15) is 11.6 Å². The normalized spacial score (nSPS) is 12.2. The Labute approximate surface area is 167 Å². The first-order valence-corrected chi connectivity index (χ1v) is 9.36. The topological polar surface area (TPSA) is 86.1 Å². The summed E-state index contributed by atoms with van der Waals surface area (Å²) in [5.74, 6) is 0.105. The number of furan rings is 1. The number of carbonyl (C=O) groups excluding carboxylic acids is 1. The number of aryl methyl sites for hydroxylation is 2. The minimum absolute atomic E-state index is 0.168. The van der Waals surface area contributed by atoms with Crippen LogP contribution in [-0.2, 0) is 19.9 Å². The maximum Gasteiger partial charge on any atom is 0.287 e. The molecule has 0 aliphatic carbocycles. The Kier molecular flexibility index (Phi) is 6.16. The summed E-state index contributed by atoms with van der Waals surface area (Å²) in [6, 6.07) is 7.53. The van der Waals surface area contributed by atoms with E-state index in [1.165, 1.54) is 12.1 Å². The number of rotatable bonds is 7. The molecule has 1 aromatic carbocycles. The van der Waals surface area contributed by atoms with Crippen molar-refractivity contribution in [2.24, 2.45) is 12.8 Å². The standard InChI is InChI=1S/C20H22ClFN4O2/c1-3-17-15(19-16(21)11-24-26(19)2)9-18(28-17)20(27)25-14(10-23)8-12-5-4-6-13(22)7-12/h4-7,9,11,14H,3,8,10,23H2,1-2H3,(H,25,27)/t14-/m0/s1. The molecule has 3 aromatic rings. The molecule has 0 saturated heterocycles. The van der Waals surface area contributed by atoms with Crippen LogP contribution in [0.5, 0.6) is 0 Å². The number of hydrogen-bond donors (Lipinski definition) is 2. The number of nitrogens with zero attached hydrogens (tertiary/aromatic N) is 2. The smallest absolute Gasteiger partial charge is 0.287 e. The summed E-state index contributed by atoms with van der Waals surface area (Å²) in [5.41, 5.74) is 7.97. The summed E-state index contributed by atoms with van der Waals surface area (Å²) in [6.07, 6.45) is 2.56. The molecule has 1 atom stereocenters. The van der Waals surface area contributed by atoms with Crippen LogP contribution in [0.2, 0.25) is 5.02 Å². The highest BCUT2D eigenvalue weighted by atomic mass is 35.5. The van der Waals surface area contributed by atoms with Gasteiger partial charge in [0.25, 0.3) is 5.91 Å². The second-order valence-corrected chi connectivity index (χ2v) is 6.91. The SMILES string of the molecule is CCc1oc(C(=O)N[C@H](CN)Cc2cccc(F)c2)cc1-c1c(Cl)cnn1C. The number of halogens is 2. The highest BCUT2D eigenvalue weighted by Crippen LogP contribution is 2.32. The average Bonchev–Trinajstić information content (AvgIpc) is 3.23. The number of benzene rings is 1. The first-order valence-electron chi connectivity index (χ1n) is 8.98. The van der Waals surface area contributed by atoms with Gasteiger partial charge in [-0.1, -0.05) is 30.7 Å². The highest BCUT2D eigenvalue weighted by molar-refractivity contribution is 6.33. The summed E-state index contributed by atoms with van der Waals surface area (Å²) in [4.78, 5) is 12.7. The van der Waals surface area contributed by atoms with Crippen LogP contribution in [0.4, 0.5) is 4.39 Å². The third-order valence-corrected chi connectivity index (χ3v) is 4.77. The third-order valence-electron chi connectivity index (χ3n) is 4.49. The lowest BCUT2D eigenvalue weighted by Gasteiger charge is -2.16. The van der Waals surface area contributed by atoms with Gasteiger partial charge in [-0.2, -0.15) is 5.10 Å². The molecule has 2 heterocycles. The Morgan fingerprint density at radius 3 is 2.82 bits per heavy atom. The maximum absolute atomic E-state index is 13.4. The summed E-state index contributed by atoms with van der Waals surface area (Å²) in [7, 11) is 1.77. The monoisotopic (exact) mass is 404 g/mol. The van der Waals surface area contributed by atoms with Crippen LogP contribution in [0.15, 0.2) is 40.9 Å². The van der Waals surface area contributed by atoms with Gasteiger partial charge in [-0.25, -0.2) is 4.39 Å². The van der Waals surface area contributed by atoms with E-state index in [0.29, 0.717) is 29.3 Å². The van der Waals surface area contributed by atoms with Crippen LogP contribution in [-0.4, -0.2) is 28.3 Å². The summed E-state index contributed by atoms with van der Waals surface area (Å²) < 4.78 is 20.8. The molecule has 0 spiro atoms. The predicted octanol–water partition coefficient (Wildman–Crippen LogP) is 3.33. The quantitative estimate of drug-likeness (QED) is 0.632. The zero-order valence-corrected chi connectivity index (χ0v) is 16.5. The number of hydrogen-bond acceptors (Lipinski definition) is 4. The van der Waals surface area contributed by atoms with Gasteiger partial charge in [-0.15, -0.1) is 0 Å². The van der Waals surface area contributed by atoms with Crippen molar-refractivity contribution in [3.05, 3.63) is 64.5 Å². The second kappa shape index (κ2) is 8.58. The Morgan fingerprint density at radius 1 is 1.43 bits per heavy atom. The van der Waals surface area contributed by atoms with Crippen LogP contribution >= 0.6 is 11.6 Å². The molecule has 0 saturated carbocycles. The molecule has 3 rings (SSSR count). The van der Waals surface area contributed by atoms with Crippen molar-refractivity contribution in [1.82, 2.24) is 15.1 Å². The molecule has 3 N–H and O–H groups in total. The molecular weight excluding hydrogens is 383 g/mol. The van der Waals surface area contributed by atoms with Crippen molar-refractivity contribution in [3.63, 3.8) is 0 Å². The van der Waals surface area contributed by atoms with E-state index in [4.69, 9.17) is 21.8 Å². The molecule has 0 bridgehead atoms. The van der Waals surface area contributed by atoms with Crippen molar-refractivity contribution >= 4 is 17.5 Å². The lowest BCUT2D eigenvalue weighted by atomic mass is 10.1. The largest absolute Gasteiger partial charge is 0.455 e. The van der Waals surface area contributed by atoms with Crippen LogP contribution < -0.4 is 11.1 Å². The van der Waals surface area contributed by atoms with E-state index in [-0.39, 0.29) is 30.1 Å². The van der Waals surface area contributed by atoms with Gasteiger partial charge in [0.2, 0.25) is 0 Å². The molecule has 28 heavy (non-hydrogen) atoms. The van der Waals surface area contributed by atoms with Crippen molar-refractivity contribution in [2.45, 2.75) is 25.8 Å². The van der Waals surface area contributed by atoms with E-state index < -0.39 is 0 Å². The molecule has 0 unspecified atom stereocenters. The van der Waals surface area contributed by atoms with Gasteiger partial charge in [0.15, 0.2) is 5.76 Å². The molecular formula is C20H22ClFN4O2. The Morgan fingerprint density at radius 2 is 2.21 bits per heavy atom. The summed E-state index contributed by atoms with van der Waals surface area (Å²) in [5, 5.41) is 7.47. The molecule has 0 aliphatic heterocycles. The van der Waals surface area contributed by atoms with E-state index in [1.807, 2.05) is 6.92 Å². The van der Waals surface area contributed by atoms with Gasteiger partial charge in [0, 0.05) is 31.6 Å². The minimum atomic E-state index is -0.383. The molecule has 8 heteroatoms. The number of nitrogens with two attached hydrogens (primary N) is 1.